The minimum Gasteiger partial charge on any atom is -0.332 e. The summed E-state index contributed by atoms with van der Waals surface area (Å²) >= 11 is 0. The van der Waals surface area contributed by atoms with Gasteiger partial charge in [0.15, 0.2) is 0 Å². The lowest BCUT2D eigenvalue weighted by atomic mass is 10.0. The van der Waals surface area contributed by atoms with Crippen LogP contribution >= 0.6 is 0 Å². The van der Waals surface area contributed by atoms with Gasteiger partial charge in [0.1, 0.15) is 6.04 Å². The predicted octanol–water partition coefficient (Wildman–Crippen LogP) is 1.89. The Balaban J connectivity index is 1.57. The number of nitrogens with zero attached hydrogens (tertiary/aromatic N) is 3. The normalized spacial score (nSPS) is 21.1. The van der Waals surface area contributed by atoms with Crippen LogP contribution in [0.1, 0.15) is 27.9 Å². The largest absolute Gasteiger partial charge is 0.332 e. The highest BCUT2D eigenvalue weighted by Crippen LogP contribution is 2.27. The minimum absolute atomic E-state index is 0.160. The SMILES string of the molecule is N#Cc1ccc(C(=O)N2CCC3NC(=O)N(Cc4ccccc4)C(=O)C32)cc1. The van der Waals surface area contributed by atoms with Crippen molar-refractivity contribution in [2.75, 3.05) is 6.54 Å². The van der Waals surface area contributed by atoms with Crippen molar-refractivity contribution in [3.63, 3.8) is 0 Å². The number of fused-ring (bicyclic) bond motifs is 1. The van der Waals surface area contributed by atoms with Crippen molar-refractivity contribution < 1.29 is 14.4 Å². The number of amides is 4. The van der Waals surface area contributed by atoms with E-state index in [1.165, 1.54) is 9.80 Å². The Morgan fingerprint density at radius 1 is 1.11 bits per heavy atom. The molecule has 2 aliphatic rings. The van der Waals surface area contributed by atoms with Crippen molar-refractivity contribution in [2.45, 2.75) is 25.0 Å². The third-order valence-electron chi connectivity index (χ3n) is 5.18. The van der Waals surface area contributed by atoms with E-state index in [9.17, 15) is 14.4 Å². The van der Waals surface area contributed by atoms with E-state index in [1.807, 2.05) is 36.4 Å². The fourth-order valence-electron chi connectivity index (χ4n) is 3.74. The second-order valence-corrected chi connectivity index (χ2v) is 6.89. The van der Waals surface area contributed by atoms with Crippen LogP contribution < -0.4 is 5.32 Å². The molecule has 0 spiro atoms. The molecule has 0 bridgehead atoms. The Hall–Kier alpha value is -3.66. The molecule has 2 atom stereocenters. The van der Waals surface area contributed by atoms with Crippen LogP contribution in [0, 0.1) is 11.3 Å². The number of nitriles is 1. The second-order valence-electron chi connectivity index (χ2n) is 6.89. The molecule has 140 valence electrons. The number of hydrogen-bond donors (Lipinski definition) is 1. The molecule has 2 unspecified atom stereocenters. The van der Waals surface area contributed by atoms with Gasteiger partial charge in [-0.1, -0.05) is 30.3 Å². The maximum absolute atomic E-state index is 13.1. The van der Waals surface area contributed by atoms with Crippen LogP contribution in [0.15, 0.2) is 54.6 Å². The summed E-state index contributed by atoms with van der Waals surface area (Å²) < 4.78 is 0. The first-order valence-corrected chi connectivity index (χ1v) is 9.05. The van der Waals surface area contributed by atoms with Gasteiger partial charge < -0.3 is 10.2 Å². The van der Waals surface area contributed by atoms with Crippen LogP contribution in [0.4, 0.5) is 4.79 Å². The van der Waals surface area contributed by atoms with Gasteiger partial charge in [-0.25, -0.2) is 4.79 Å². The summed E-state index contributed by atoms with van der Waals surface area (Å²) in [6.45, 7) is 0.549. The van der Waals surface area contributed by atoms with Crippen LogP contribution in [0.25, 0.3) is 0 Å². The molecule has 0 aromatic heterocycles. The molecule has 7 heteroatoms. The van der Waals surface area contributed by atoms with Gasteiger partial charge in [0.2, 0.25) is 0 Å². The standard InChI is InChI=1S/C21H18N4O3/c22-12-14-6-8-16(9-7-14)19(26)24-11-10-17-18(24)20(27)25(21(28)23-17)13-15-4-2-1-3-5-15/h1-9,17-18H,10-11,13H2,(H,23,28). The molecule has 2 heterocycles. The number of carbonyl (C=O) groups is 3. The molecule has 7 nitrogen and oxygen atoms in total. The number of hydrogen-bond acceptors (Lipinski definition) is 4. The summed E-state index contributed by atoms with van der Waals surface area (Å²) in [7, 11) is 0. The fourth-order valence-corrected chi connectivity index (χ4v) is 3.74. The minimum atomic E-state index is -0.718. The van der Waals surface area contributed by atoms with Crippen LogP contribution in [-0.4, -0.2) is 46.3 Å². The molecule has 0 aliphatic carbocycles. The topological polar surface area (TPSA) is 93.5 Å². The van der Waals surface area contributed by atoms with Crippen molar-refractivity contribution in [3.05, 3.63) is 71.3 Å². The lowest BCUT2D eigenvalue weighted by Gasteiger charge is -2.37. The van der Waals surface area contributed by atoms with Gasteiger partial charge in [0.25, 0.3) is 11.8 Å². The molecule has 2 aromatic rings. The molecule has 4 rings (SSSR count). The first-order valence-electron chi connectivity index (χ1n) is 9.05. The third-order valence-corrected chi connectivity index (χ3v) is 5.18. The zero-order valence-electron chi connectivity index (χ0n) is 15.0. The quantitative estimate of drug-likeness (QED) is 0.888. The molecular weight excluding hydrogens is 356 g/mol. The van der Waals surface area contributed by atoms with Crippen LogP contribution in [0.5, 0.6) is 0 Å². The predicted molar refractivity (Wildman–Crippen MR) is 99.9 cm³/mol. The number of nitrogens with one attached hydrogen (secondary N) is 1. The number of urea groups is 1. The number of benzene rings is 2. The zero-order valence-corrected chi connectivity index (χ0v) is 15.0. The van der Waals surface area contributed by atoms with E-state index in [0.717, 1.165) is 5.56 Å². The zero-order chi connectivity index (χ0) is 19.7. The Kier molecular flexibility index (Phi) is 4.53. The number of likely N-dealkylation sites (tertiary alicyclic amines) is 1. The summed E-state index contributed by atoms with van der Waals surface area (Å²) in [5.74, 6) is -0.641. The fraction of sp³-hybridized carbons (Fsp3) is 0.238. The van der Waals surface area contributed by atoms with E-state index >= 15 is 0 Å². The van der Waals surface area contributed by atoms with Crippen molar-refractivity contribution in [2.24, 2.45) is 0 Å². The molecule has 2 fully saturated rings. The van der Waals surface area contributed by atoms with Gasteiger partial charge in [0.05, 0.1) is 24.2 Å². The van der Waals surface area contributed by atoms with Gasteiger partial charge >= 0.3 is 6.03 Å². The molecule has 2 aliphatic heterocycles. The van der Waals surface area contributed by atoms with Crippen molar-refractivity contribution in [3.8, 4) is 6.07 Å². The smallest absolute Gasteiger partial charge is 0.324 e. The summed E-state index contributed by atoms with van der Waals surface area (Å²) in [6, 6.07) is 16.1. The number of imide groups is 1. The Morgan fingerprint density at radius 2 is 1.82 bits per heavy atom. The molecule has 0 saturated carbocycles. The molecule has 4 amide bonds. The van der Waals surface area contributed by atoms with E-state index in [0.29, 0.717) is 24.1 Å². The van der Waals surface area contributed by atoms with Crippen LogP contribution in [-0.2, 0) is 11.3 Å². The lowest BCUT2D eigenvalue weighted by Crippen LogP contribution is -2.64. The van der Waals surface area contributed by atoms with Crippen molar-refractivity contribution in [1.82, 2.24) is 15.1 Å². The molecular formula is C21H18N4O3. The van der Waals surface area contributed by atoms with Crippen molar-refractivity contribution in [1.29, 1.82) is 5.26 Å². The van der Waals surface area contributed by atoms with E-state index in [2.05, 4.69) is 5.32 Å². The number of rotatable bonds is 3. The Morgan fingerprint density at radius 3 is 2.50 bits per heavy atom. The van der Waals surface area contributed by atoms with Crippen LogP contribution in [0.2, 0.25) is 0 Å². The molecule has 2 aromatic carbocycles. The van der Waals surface area contributed by atoms with E-state index < -0.39 is 12.1 Å². The molecule has 2 saturated heterocycles. The van der Waals surface area contributed by atoms with E-state index in [-0.39, 0.29) is 24.4 Å². The number of carbonyl (C=O) groups excluding carboxylic acids is 3. The van der Waals surface area contributed by atoms with Gasteiger partial charge in [0, 0.05) is 12.1 Å². The first-order chi connectivity index (χ1) is 13.6. The van der Waals surface area contributed by atoms with Gasteiger partial charge in [-0.05, 0) is 36.2 Å². The summed E-state index contributed by atoms with van der Waals surface area (Å²) in [5.41, 5.74) is 1.72. The monoisotopic (exact) mass is 374 g/mol. The summed E-state index contributed by atoms with van der Waals surface area (Å²) in [4.78, 5) is 41.2. The summed E-state index contributed by atoms with van der Waals surface area (Å²) in [6.07, 6.45) is 0.531. The summed E-state index contributed by atoms with van der Waals surface area (Å²) in [5, 5.41) is 11.8. The molecule has 1 N–H and O–H groups in total. The lowest BCUT2D eigenvalue weighted by molar-refractivity contribution is -0.134. The maximum atomic E-state index is 13.1. The maximum Gasteiger partial charge on any atom is 0.324 e. The van der Waals surface area contributed by atoms with E-state index in [4.69, 9.17) is 5.26 Å². The highest BCUT2D eigenvalue weighted by molar-refractivity contribution is 6.04. The van der Waals surface area contributed by atoms with Crippen molar-refractivity contribution >= 4 is 17.8 Å². The molecule has 28 heavy (non-hydrogen) atoms. The molecule has 0 radical (unpaired) electrons. The highest BCUT2D eigenvalue weighted by atomic mass is 16.2. The third kappa shape index (κ3) is 3.09. The van der Waals surface area contributed by atoms with E-state index in [1.54, 1.807) is 24.3 Å². The van der Waals surface area contributed by atoms with Gasteiger partial charge in [-0.3, -0.25) is 14.5 Å². The van der Waals surface area contributed by atoms with Gasteiger partial charge in [-0.2, -0.15) is 5.26 Å². The average Bonchev–Trinajstić information content (AvgIpc) is 3.15. The Bertz CT molecular complexity index is 965. The highest BCUT2D eigenvalue weighted by Gasteiger charge is 2.49. The second kappa shape index (κ2) is 7.16. The van der Waals surface area contributed by atoms with Crippen LogP contribution in [0.3, 0.4) is 0 Å². The average molecular weight is 374 g/mol. The Labute approximate surface area is 162 Å². The first kappa shape index (κ1) is 17.7. The van der Waals surface area contributed by atoms with Gasteiger partial charge in [-0.15, -0.1) is 0 Å².